The molecule has 2 nitrogen and oxygen atoms in total. The summed E-state index contributed by atoms with van der Waals surface area (Å²) in [6.45, 7) is 5.60. The van der Waals surface area contributed by atoms with Crippen LogP contribution in [0.5, 0.6) is 0 Å². The number of hydrogen-bond donors (Lipinski definition) is 1. The fraction of sp³-hybridized carbons (Fsp3) is 0.333. The molecule has 0 aliphatic rings. The van der Waals surface area contributed by atoms with E-state index in [0.717, 1.165) is 0 Å². The Morgan fingerprint density at radius 2 is 2.40 bits per heavy atom. The van der Waals surface area contributed by atoms with E-state index < -0.39 is 0 Å². The highest BCUT2D eigenvalue weighted by Crippen LogP contribution is 1.83. The molecule has 0 N–H and O–H groups in total. The molecular weight excluding hydrogens is 166 g/mol. The van der Waals surface area contributed by atoms with Gasteiger partial charge in [0.2, 0.25) is 4.38 Å². The number of hydrogen-bond acceptors (Lipinski definition) is 3. The van der Waals surface area contributed by atoms with Crippen molar-refractivity contribution >= 4 is 29.2 Å². The molecule has 0 aliphatic heterocycles. The van der Waals surface area contributed by atoms with Gasteiger partial charge in [0.1, 0.15) is 0 Å². The van der Waals surface area contributed by atoms with E-state index in [1.54, 1.807) is 6.07 Å². The van der Waals surface area contributed by atoms with Crippen LogP contribution in [0, 0.1) is 11.3 Å². The van der Waals surface area contributed by atoms with E-state index >= 15 is 0 Å². The van der Waals surface area contributed by atoms with Crippen LogP contribution in [0.4, 0.5) is 0 Å². The summed E-state index contributed by atoms with van der Waals surface area (Å²) in [7, 11) is 0. The van der Waals surface area contributed by atoms with Gasteiger partial charge < -0.3 is 4.74 Å². The van der Waals surface area contributed by atoms with Crippen molar-refractivity contribution in [3.8, 4) is 6.07 Å². The predicted octanol–water partition coefficient (Wildman–Crippen LogP) is 1.93. The average molecular weight is 175 g/mol. The third-order valence-electron chi connectivity index (χ3n) is 0.359. The SMILES string of the molecule is C=CC#N.CCOC(=S)S. The molecule has 0 radical (unpaired) electrons. The van der Waals surface area contributed by atoms with Crippen LogP contribution < -0.4 is 0 Å². The molecule has 10 heavy (non-hydrogen) atoms. The first kappa shape index (κ1) is 12.2. The van der Waals surface area contributed by atoms with Crippen LogP contribution in [-0.2, 0) is 4.74 Å². The van der Waals surface area contributed by atoms with Gasteiger partial charge in [-0.3, -0.25) is 0 Å². The molecule has 0 saturated heterocycles. The second kappa shape index (κ2) is 11.3. The molecule has 0 bridgehead atoms. The fourth-order valence-electron chi connectivity index (χ4n) is 0.123. The largest absolute Gasteiger partial charge is 0.479 e. The first-order chi connectivity index (χ1) is 4.68. The van der Waals surface area contributed by atoms with Crippen molar-refractivity contribution < 1.29 is 4.74 Å². The number of nitriles is 1. The zero-order chi connectivity index (χ0) is 8.41. The summed E-state index contributed by atoms with van der Waals surface area (Å²) >= 11 is 8.12. The van der Waals surface area contributed by atoms with Crippen molar-refractivity contribution in [2.45, 2.75) is 6.92 Å². The predicted molar refractivity (Wildman–Crippen MR) is 49.0 cm³/mol. The van der Waals surface area contributed by atoms with Gasteiger partial charge in [-0.05, 0) is 19.1 Å². The molecule has 0 heterocycles. The van der Waals surface area contributed by atoms with Crippen molar-refractivity contribution in [1.82, 2.24) is 0 Å². The van der Waals surface area contributed by atoms with Gasteiger partial charge in [-0.2, -0.15) is 5.26 Å². The van der Waals surface area contributed by atoms with Crippen LogP contribution in [-0.4, -0.2) is 11.0 Å². The highest BCUT2D eigenvalue weighted by molar-refractivity contribution is 8.10. The fourth-order valence-corrected chi connectivity index (χ4v) is 0.370. The molecule has 0 rings (SSSR count). The standard InChI is InChI=1S/C3H3N.C3H6OS2/c1-2-3-4;1-2-4-3(5)6/h2H,1H2;2H2,1H3,(H,5,6). The van der Waals surface area contributed by atoms with E-state index in [1.807, 2.05) is 6.92 Å². The Kier molecular flexibility index (Phi) is 13.7. The molecule has 0 spiro atoms. The zero-order valence-electron chi connectivity index (χ0n) is 5.70. The smallest absolute Gasteiger partial charge is 0.216 e. The minimum absolute atomic E-state index is 0.317. The zero-order valence-corrected chi connectivity index (χ0v) is 7.41. The summed E-state index contributed by atoms with van der Waals surface area (Å²) < 4.78 is 4.95. The Labute approximate surface area is 71.9 Å². The van der Waals surface area contributed by atoms with E-state index in [9.17, 15) is 0 Å². The molecule has 0 amide bonds. The topological polar surface area (TPSA) is 33.0 Å². The lowest BCUT2D eigenvalue weighted by atomic mass is 10.8. The first-order valence-electron chi connectivity index (χ1n) is 2.55. The molecular formula is C6H9NOS2. The normalized spacial score (nSPS) is 6.10. The van der Waals surface area contributed by atoms with Crippen LogP contribution in [0.2, 0.25) is 0 Å². The second-order valence-electron chi connectivity index (χ2n) is 1.03. The Bertz CT molecular complexity index is 139. The number of nitrogens with zero attached hydrogens (tertiary/aromatic N) is 1. The molecule has 0 aliphatic carbocycles. The Morgan fingerprint density at radius 1 is 2.00 bits per heavy atom. The van der Waals surface area contributed by atoms with E-state index in [1.165, 1.54) is 6.08 Å². The molecule has 0 atom stereocenters. The molecule has 0 unspecified atom stereocenters. The van der Waals surface area contributed by atoms with Crippen molar-refractivity contribution in [2.75, 3.05) is 6.61 Å². The average Bonchev–Trinajstić information content (AvgIpc) is 1.89. The second-order valence-corrected chi connectivity index (χ2v) is 2.11. The molecule has 0 fully saturated rings. The van der Waals surface area contributed by atoms with Gasteiger partial charge in [0.05, 0.1) is 12.7 Å². The maximum Gasteiger partial charge on any atom is 0.216 e. The maximum atomic E-state index is 7.51. The van der Waals surface area contributed by atoms with E-state index in [-0.39, 0.29) is 0 Å². The summed E-state index contributed by atoms with van der Waals surface area (Å²) in [4.78, 5) is 0. The third-order valence-corrected chi connectivity index (χ3v) is 0.606. The van der Waals surface area contributed by atoms with Crippen LogP contribution in [0.15, 0.2) is 12.7 Å². The minimum atomic E-state index is 0.317. The lowest BCUT2D eigenvalue weighted by Crippen LogP contribution is -1.89. The molecule has 4 heteroatoms. The highest BCUT2D eigenvalue weighted by atomic mass is 32.1. The lowest BCUT2D eigenvalue weighted by Gasteiger charge is -1.92. The van der Waals surface area contributed by atoms with E-state index in [2.05, 4.69) is 36.2 Å². The lowest BCUT2D eigenvalue weighted by molar-refractivity contribution is 0.346. The number of rotatable bonds is 1. The van der Waals surface area contributed by atoms with Crippen LogP contribution in [0.1, 0.15) is 6.92 Å². The quantitative estimate of drug-likeness (QED) is 0.375. The number of ether oxygens (including phenoxy) is 1. The molecule has 0 saturated carbocycles. The molecule has 0 aromatic carbocycles. The van der Waals surface area contributed by atoms with Crippen LogP contribution >= 0.6 is 24.8 Å². The van der Waals surface area contributed by atoms with Gasteiger partial charge >= 0.3 is 0 Å². The van der Waals surface area contributed by atoms with Gasteiger partial charge in [-0.1, -0.05) is 19.2 Å². The van der Waals surface area contributed by atoms with Gasteiger partial charge in [0.25, 0.3) is 0 Å². The summed E-state index contributed by atoms with van der Waals surface area (Å²) in [5.74, 6) is 0. The van der Waals surface area contributed by atoms with Crippen molar-refractivity contribution in [3.05, 3.63) is 12.7 Å². The summed E-state index contributed by atoms with van der Waals surface area (Å²) in [5, 5.41) is 7.51. The summed E-state index contributed by atoms with van der Waals surface area (Å²) in [6, 6.07) is 1.69. The number of allylic oxidation sites excluding steroid dienone is 1. The van der Waals surface area contributed by atoms with Gasteiger partial charge in [-0.15, -0.1) is 0 Å². The van der Waals surface area contributed by atoms with Crippen molar-refractivity contribution in [1.29, 1.82) is 5.26 Å². The first-order valence-corrected chi connectivity index (χ1v) is 3.40. The van der Waals surface area contributed by atoms with Crippen molar-refractivity contribution in [3.63, 3.8) is 0 Å². The summed E-state index contributed by atoms with van der Waals surface area (Å²) in [5.41, 5.74) is 0. The van der Waals surface area contributed by atoms with E-state index in [0.29, 0.717) is 11.0 Å². The number of thiocarbonyl (C=S) groups is 1. The van der Waals surface area contributed by atoms with Crippen molar-refractivity contribution in [2.24, 2.45) is 0 Å². The number of thiol groups is 1. The third kappa shape index (κ3) is 26.0. The monoisotopic (exact) mass is 175 g/mol. The Hall–Kier alpha value is -0.530. The molecule has 0 aromatic rings. The Morgan fingerprint density at radius 3 is 2.40 bits per heavy atom. The van der Waals surface area contributed by atoms with E-state index in [4.69, 9.17) is 5.26 Å². The Balaban J connectivity index is 0. The highest BCUT2D eigenvalue weighted by Gasteiger charge is 1.77. The van der Waals surface area contributed by atoms with Gasteiger partial charge in [0.15, 0.2) is 0 Å². The van der Waals surface area contributed by atoms with Crippen LogP contribution in [0.25, 0.3) is 0 Å². The maximum absolute atomic E-state index is 7.51. The molecule has 0 aromatic heterocycles. The van der Waals surface area contributed by atoms with Gasteiger partial charge in [0, 0.05) is 6.08 Å². The van der Waals surface area contributed by atoms with Crippen LogP contribution in [0.3, 0.4) is 0 Å². The minimum Gasteiger partial charge on any atom is -0.479 e. The van der Waals surface area contributed by atoms with Gasteiger partial charge in [-0.25, -0.2) is 0 Å². The summed E-state index contributed by atoms with van der Waals surface area (Å²) in [6.07, 6.45) is 1.18. The molecule has 56 valence electrons.